The van der Waals surface area contributed by atoms with Crippen molar-refractivity contribution in [1.82, 2.24) is 4.98 Å². The lowest BCUT2D eigenvalue weighted by Crippen LogP contribution is -2.30. The van der Waals surface area contributed by atoms with Crippen LogP contribution in [0.1, 0.15) is 18.5 Å². The molecule has 4 heteroatoms. The number of thioether (sulfide) groups is 1. The summed E-state index contributed by atoms with van der Waals surface area (Å²) in [5, 5.41) is 1.61. The van der Waals surface area contributed by atoms with Crippen molar-refractivity contribution in [1.29, 1.82) is 0 Å². The molecule has 0 radical (unpaired) electrons. The molecule has 0 saturated carbocycles. The van der Waals surface area contributed by atoms with Crippen molar-refractivity contribution >= 4 is 11.8 Å². The van der Waals surface area contributed by atoms with Crippen LogP contribution in [0.5, 0.6) is 0 Å². The zero-order valence-corrected chi connectivity index (χ0v) is 8.96. The van der Waals surface area contributed by atoms with Gasteiger partial charge in [0, 0.05) is 17.8 Å². The second-order valence-corrected chi connectivity index (χ2v) is 4.75. The molecule has 1 aliphatic heterocycles. The van der Waals surface area contributed by atoms with Gasteiger partial charge in [-0.3, -0.25) is 0 Å². The van der Waals surface area contributed by atoms with Crippen LogP contribution in [-0.4, -0.2) is 23.4 Å². The fraction of sp³-hybridized carbons (Fsp3) is 0.500. The van der Waals surface area contributed by atoms with E-state index in [0.29, 0.717) is 5.25 Å². The maximum Gasteiger partial charge on any atom is 0.101 e. The quantitative estimate of drug-likeness (QED) is 0.823. The minimum absolute atomic E-state index is 0.0483. The number of hydrogen-bond acceptors (Lipinski definition) is 4. The molecule has 0 aromatic carbocycles. The lowest BCUT2D eigenvalue weighted by atomic mass is 10.2. The van der Waals surface area contributed by atoms with Gasteiger partial charge in [0.15, 0.2) is 0 Å². The van der Waals surface area contributed by atoms with Crippen LogP contribution in [-0.2, 0) is 4.74 Å². The van der Waals surface area contributed by atoms with Crippen molar-refractivity contribution in [2.75, 3.05) is 13.2 Å². The van der Waals surface area contributed by atoms with Gasteiger partial charge in [0.2, 0.25) is 0 Å². The van der Waals surface area contributed by atoms with E-state index in [1.807, 2.05) is 25.3 Å². The average Bonchev–Trinajstić information content (AvgIpc) is 2.12. The van der Waals surface area contributed by atoms with Crippen LogP contribution in [0.15, 0.2) is 23.4 Å². The summed E-state index contributed by atoms with van der Waals surface area (Å²) < 4.78 is 5.13. The van der Waals surface area contributed by atoms with Crippen molar-refractivity contribution in [3.8, 4) is 0 Å². The molecule has 76 valence electrons. The molecule has 1 aromatic rings. The van der Waals surface area contributed by atoms with Crippen LogP contribution in [0.2, 0.25) is 0 Å². The molecular weight excluding hydrogens is 196 g/mol. The maximum absolute atomic E-state index is 5.87. The summed E-state index contributed by atoms with van der Waals surface area (Å²) in [7, 11) is 0. The number of nitrogens with two attached hydrogens (primary N) is 1. The zero-order valence-electron chi connectivity index (χ0n) is 8.14. The van der Waals surface area contributed by atoms with Gasteiger partial charge in [-0.25, -0.2) is 4.98 Å². The summed E-state index contributed by atoms with van der Waals surface area (Å²) in [6.07, 6.45) is 1.81. The lowest BCUT2D eigenvalue weighted by molar-refractivity contribution is 0.0454. The molecule has 14 heavy (non-hydrogen) atoms. The van der Waals surface area contributed by atoms with Gasteiger partial charge >= 0.3 is 0 Å². The van der Waals surface area contributed by atoms with Crippen LogP contribution in [0.25, 0.3) is 0 Å². The predicted molar refractivity (Wildman–Crippen MR) is 57.3 cm³/mol. The Labute approximate surface area is 88.0 Å². The average molecular weight is 210 g/mol. The fourth-order valence-corrected chi connectivity index (χ4v) is 2.44. The van der Waals surface area contributed by atoms with Crippen LogP contribution in [0, 0.1) is 0 Å². The highest BCUT2D eigenvalue weighted by Gasteiger charge is 2.21. The van der Waals surface area contributed by atoms with Crippen molar-refractivity contribution < 1.29 is 4.74 Å². The Morgan fingerprint density at radius 1 is 1.64 bits per heavy atom. The highest BCUT2D eigenvalue weighted by Crippen LogP contribution is 2.30. The summed E-state index contributed by atoms with van der Waals surface area (Å²) in [6, 6.07) is 4.02. The van der Waals surface area contributed by atoms with E-state index >= 15 is 0 Å². The van der Waals surface area contributed by atoms with Crippen molar-refractivity contribution in [3.05, 3.63) is 23.9 Å². The SMILES string of the molecule is C[C@@H](N)c1cccnc1SC1COC1. The number of ether oxygens (including phenoxy) is 1. The molecule has 2 heterocycles. The van der Waals surface area contributed by atoms with E-state index < -0.39 is 0 Å². The Bertz CT molecular complexity index is 313. The van der Waals surface area contributed by atoms with E-state index in [1.165, 1.54) is 0 Å². The molecule has 0 spiro atoms. The second-order valence-electron chi connectivity index (χ2n) is 3.46. The number of rotatable bonds is 3. The number of hydrogen-bond donors (Lipinski definition) is 1. The Kier molecular flexibility index (Phi) is 3.05. The minimum atomic E-state index is 0.0483. The molecule has 0 aliphatic carbocycles. The van der Waals surface area contributed by atoms with E-state index in [1.54, 1.807) is 11.8 Å². The largest absolute Gasteiger partial charge is 0.379 e. The summed E-state index contributed by atoms with van der Waals surface area (Å²) >= 11 is 1.77. The van der Waals surface area contributed by atoms with Gasteiger partial charge < -0.3 is 10.5 Å². The molecule has 0 bridgehead atoms. The van der Waals surface area contributed by atoms with Gasteiger partial charge in [0.05, 0.1) is 18.5 Å². The Morgan fingerprint density at radius 3 is 3.00 bits per heavy atom. The Morgan fingerprint density at radius 2 is 2.43 bits per heavy atom. The molecule has 2 N–H and O–H groups in total. The monoisotopic (exact) mass is 210 g/mol. The molecule has 0 amide bonds. The smallest absolute Gasteiger partial charge is 0.101 e. The summed E-state index contributed by atoms with van der Waals surface area (Å²) in [5.41, 5.74) is 6.99. The summed E-state index contributed by atoms with van der Waals surface area (Å²) in [5.74, 6) is 0. The van der Waals surface area contributed by atoms with Gasteiger partial charge in [-0.2, -0.15) is 0 Å². The van der Waals surface area contributed by atoms with E-state index in [4.69, 9.17) is 10.5 Å². The van der Waals surface area contributed by atoms with E-state index in [0.717, 1.165) is 23.8 Å². The molecule has 1 atom stereocenters. The van der Waals surface area contributed by atoms with E-state index in [-0.39, 0.29) is 6.04 Å². The van der Waals surface area contributed by atoms with E-state index in [9.17, 15) is 0 Å². The molecule has 1 saturated heterocycles. The first-order chi connectivity index (χ1) is 6.77. The third-order valence-electron chi connectivity index (χ3n) is 2.18. The van der Waals surface area contributed by atoms with Gasteiger partial charge in [-0.15, -0.1) is 0 Å². The number of nitrogens with zero attached hydrogens (tertiary/aromatic N) is 1. The van der Waals surface area contributed by atoms with Gasteiger partial charge in [0.1, 0.15) is 5.03 Å². The first-order valence-corrected chi connectivity index (χ1v) is 5.60. The van der Waals surface area contributed by atoms with Crippen LogP contribution >= 0.6 is 11.8 Å². The van der Waals surface area contributed by atoms with Gasteiger partial charge in [0.25, 0.3) is 0 Å². The highest BCUT2D eigenvalue weighted by atomic mass is 32.2. The predicted octanol–water partition coefficient (Wildman–Crippen LogP) is 1.59. The molecule has 0 unspecified atom stereocenters. The maximum atomic E-state index is 5.87. The number of aromatic nitrogens is 1. The zero-order chi connectivity index (χ0) is 9.97. The normalized spacial score (nSPS) is 19.0. The Balaban J connectivity index is 2.13. The molecule has 1 aromatic heterocycles. The summed E-state index contributed by atoms with van der Waals surface area (Å²) in [6.45, 7) is 3.65. The van der Waals surface area contributed by atoms with Crippen LogP contribution in [0.4, 0.5) is 0 Å². The fourth-order valence-electron chi connectivity index (χ4n) is 1.29. The third-order valence-corrected chi connectivity index (χ3v) is 3.35. The molecule has 3 nitrogen and oxygen atoms in total. The lowest BCUT2D eigenvalue weighted by Gasteiger charge is -2.25. The van der Waals surface area contributed by atoms with Crippen LogP contribution in [0.3, 0.4) is 0 Å². The van der Waals surface area contributed by atoms with Gasteiger partial charge in [-0.05, 0) is 13.0 Å². The molecule has 2 rings (SSSR count). The highest BCUT2D eigenvalue weighted by molar-refractivity contribution is 8.00. The minimum Gasteiger partial charge on any atom is -0.379 e. The first kappa shape index (κ1) is 9.96. The second kappa shape index (κ2) is 4.29. The number of pyridine rings is 1. The van der Waals surface area contributed by atoms with Crippen molar-refractivity contribution in [3.63, 3.8) is 0 Å². The first-order valence-electron chi connectivity index (χ1n) is 4.72. The summed E-state index contributed by atoms with van der Waals surface area (Å²) in [4.78, 5) is 4.35. The van der Waals surface area contributed by atoms with Crippen molar-refractivity contribution in [2.45, 2.75) is 23.2 Å². The molecule has 1 aliphatic rings. The van der Waals surface area contributed by atoms with Crippen LogP contribution < -0.4 is 5.73 Å². The van der Waals surface area contributed by atoms with E-state index in [2.05, 4.69) is 4.98 Å². The van der Waals surface area contributed by atoms with Crippen molar-refractivity contribution in [2.24, 2.45) is 5.73 Å². The third kappa shape index (κ3) is 2.08. The molecular formula is C10H14N2OS. The standard InChI is InChI=1S/C10H14N2OS/c1-7(11)9-3-2-4-12-10(9)14-8-5-13-6-8/h2-4,7-8H,5-6,11H2,1H3/t7-/m1/s1. The molecule has 1 fully saturated rings. The van der Waals surface area contributed by atoms with Gasteiger partial charge in [-0.1, -0.05) is 17.8 Å². The topological polar surface area (TPSA) is 48.1 Å². The Hall–Kier alpha value is -0.580.